The molecular weight excluding hydrogens is 884 g/mol. The number of ether oxygens (including phenoxy) is 5. The number of fused-ring (bicyclic) bond motifs is 4. The van der Waals surface area contributed by atoms with Crippen LogP contribution in [-0.2, 0) is 46.4 Å². The van der Waals surface area contributed by atoms with E-state index < -0.39 is 95.3 Å². The normalized spacial score (nSPS) is 30.6. The number of nitrogen functional groups attached to an aromatic ring is 2. The number of nitrogens with zero attached hydrogens (tertiary/aromatic N) is 8. The zero-order valence-electron chi connectivity index (χ0n) is 33.8. The van der Waals surface area contributed by atoms with E-state index in [4.69, 9.17) is 48.7 Å². The van der Waals surface area contributed by atoms with Crippen LogP contribution < -0.4 is 11.5 Å². The van der Waals surface area contributed by atoms with Crippen LogP contribution >= 0.6 is 25.8 Å². The van der Waals surface area contributed by atoms with Gasteiger partial charge in [-0.3, -0.25) is 22.7 Å². The summed E-state index contributed by atoms with van der Waals surface area (Å²) in [6.45, 7) is -3.95. The lowest BCUT2D eigenvalue weighted by molar-refractivity contribution is -0.0529. The number of halogens is 2. The number of nitrogens with two attached hydrogens (primary N) is 2. The number of unbranched alkanes of at least 4 members (excludes halogenated alkanes) is 9. The molecule has 2 unspecified atom stereocenters. The average molecular weight is 935 g/mol. The highest BCUT2D eigenvalue weighted by molar-refractivity contribution is 8.55. The Morgan fingerprint density at radius 1 is 0.790 bits per heavy atom. The van der Waals surface area contributed by atoms with Crippen molar-refractivity contribution in [2.75, 3.05) is 43.6 Å². The van der Waals surface area contributed by atoms with Crippen molar-refractivity contribution in [2.45, 2.75) is 120 Å². The molecule has 7 rings (SSSR count). The molecule has 0 aliphatic carbocycles. The Balaban J connectivity index is 1.06. The van der Waals surface area contributed by atoms with Gasteiger partial charge in [0, 0.05) is 11.4 Å². The highest BCUT2D eigenvalue weighted by Crippen LogP contribution is 2.63. The van der Waals surface area contributed by atoms with Gasteiger partial charge in [-0.25, -0.2) is 48.0 Å². The second-order valence-corrected chi connectivity index (χ2v) is 20.6. The first-order valence-electron chi connectivity index (χ1n) is 20.3. The summed E-state index contributed by atoms with van der Waals surface area (Å²) >= 11 is 0.363. The Kier molecular flexibility index (Phi) is 15.6. The Bertz CT molecular complexity index is 2230. The Hall–Kier alpha value is -3.64. The van der Waals surface area contributed by atoms with Crippen molar-refractivity contribution in [3.8, 4) is 0 Å². The van der Waals surface area contributed by atoms with E-state index in [2.05, 4.69) is 36.8 Å². The van der Waals surface area contributed by atoms with Crippen molar-refractivity contribution in [1.82, 2.24) is 39.0 Å². The minimum atomic E-state index is -4.74. The van der Waals surface area contributed by atoms with Crippen molar-refractivity contribution >= 4 is 65.9 Å². The number of hydrogen-bond donors (Lipinski definition) is 3. The third-order valence-electron chi connectivity index (χ3n) is 10.5. The SMILES string of the molecule is CCCCCCCCCCCCOC(=O)OCSP1(=O)OC[C@H]2O[C@@H](n3cnc4c(N)ncnc43)[C@H](F)[C@@H]2OCP(=O)(O)OC[C@H]2O[C@@H](n3cnc4c(N)ncnc43)[C@H](F)[C@@H]2O1. The molecule has 7 heterocycles. The van der Waals surface area contributed by atoms with Gasteiger partial charge in [0.25, 0.3) is 0 Å². The predicted octanol–water partition coefficient (Wildman–Crippen LogP) is 6.13. The van der Waals surface area contributed by atoms with Gasteiger partial charge in [-0.1, -0.05) is 64.7 Å². The van der Waals surface area contributed by atoms with E-state index in [1.807, 2.05) is 0 Å². The van der Waals surface area contributed by atoms with E-state index in [0.717, 1.165) is 38.3 Å². The van der Waals surface area contributed by atoms with E-state index >= 15 is 8.78 Å². The summed E-state index contributed by atoms with van der Waals surface area (Å²) in [6.07, 6.45) is -0.219. The van der Waals surface area contributed by atoms with Crippen molar-refractivity contribution in [2.24, 2.45) is 0 Å². The molecule has 27 heteroatoms. The molecule has 5 N–H and O–H groups in total. The summed E-state index contributed by atoms with van der Waals surface area (Å²) in [5.41, 5.74) is 12.3. The Morgan fingerprint density at radius 3 is 1.92 bits per heavy atom. The molecule has 3 fully saturated rings. The van der Waals surface area contributed by atoms with E-state index in [1.165, 1.54) is 53.9 Å². The maximum absolute atomic E-state index is 16.7. The topological polar surface area (TPSA) is 285 Å². The molecule has 4 aromatic rings. The van der Waals surface area contributed by atoms with Gasteiger partial charge >= 0.3 is 20.5 Å². The van der Waals surface area contributed by atoms with Crippen molar-refractivity contribution in [3.05, 3.63) is 25.3 Å². The summed E-state index contributed by atoms with van der Waals surface area (Å²) in [5, 5.41) is 0. The van der Waals surface area contributed by atoms with Gasteiger partial charge in [-0.2, -0.15) is 0 Å². The van der Waals surface area contributed by atoms with E-state index in [1.54, 1.807) is 0 Å². The van der Waals surface area contributed by atoms with Crippen LogP contribution in [0.25, 0.3) is 22.3 Å². The Morgan fingerprint density at radius 2 is 1.32 bits per heavy atom. The average Bonchev–Trinajstić information content (AvgIpc) is 4.02. The van der Waals surface area contributed by atoms with E-state index in [0.29, 0.717) is 17.8 Å². The maximum atomic E-state index is 16.7. The van der Waals surface area contributed by atoms with Gasteiger partial charge in [0.05, 0.1) is 32.5 Å². The molecule has 22 nitrogen and oxygen atoms in total. The third-order valence-corrected chi connectivity index (χ3v) is 14.9. The third kappa shape index (κ3) is 11.0. The zero-order valence-corrected chi connectivity index (χ0v) is 36.4. The number of carbonyl (C=O) groups is 1. The van der Waals surface area contributed by atoms with E-state index in [-0.39, 0.29) is 40.6 Å². The lowest BCUT2D eigenvalue weighted by atomic mass is 10.1. The van der Waals surface area contributed by atoms with Gasteiger partial charge in [-0.15, -0.1) is 0 Å². The minimum absolute atomic E-state index is 0.00524. The smallest absolute Gasteiger partial charge is 0.434 e. The van der Waals surface area contributed by atoms with Crippen LogP contribution in [0.5, 0.6) is 0 Å². The van der Waals surface area contributed by atoms with Gasteiger partial charge in [0.15, 0.2) is 53.7 Å². The molecule has 0 bridgehead atoms. The minimum Gasteiger partial charge on any atom is -0.434 e. The predicted molar refractivity (Wildman–Crippen MR) is 218 cm³/mol. The van der Waals surface area contributed by atoms with Crippen LogP contribution in [0.4, 0.5) is 25.2 Å². The summed E-state index contributed by atoms with van der Waals surface area (Å²) in [6, 6.07) is 0. The van der Waals surface area contributed by atoms with Crippen LogP contribution in [-0.4, -0.2) is 119 Å². The molecule has 0 saturated carbocycles. The summed E-state index contributed by atoms with van der Waals surface area (Å²) < 4.78 is 108. The molecule has 10 atom stereocenters. The largest absolute Gasteiger partial charge is 0.509 e. The number of alkyl halides is 2. The van der Waals surface area contributed by atoms with Crippen molar-refractivity contribution in [3.63, 3.8) is 0 Å². The second-order valence-electron chi connectivity index (χ2n) is 14.9. The number of imidazole rings is 2. The Labute approximate surface area is 358 Å². The number of anilines is 2. The quantitative estimate of drug-likeness (QED) is 0.0492. The molecule has 3 aliphatic rings. The standard InChI is InChI=1S/C35H50F2N10O12P2S/c1-2-3-4-5-6-7-8-9-10-11-12-52-35(48)54-20-62-61(51)56-14-21-27(23(36)33(57-21)46-17-44-25-29(38)40-15-42-31(25)46)53-19-60(49,50)55-13-22-28(59-61)24(37)34(58-22)47-18-45-26-30(39)41-16-43-32(26)47/h15-18,21-24,27-28,33-34H,2-14,19-20H2,1H3,(H,49,50)(H2,38,40,42)(H2,39,41,43)/t21-,22-,23-,24-,27-,28-,33-,34-,61?/m1/s1. The summed E-state index contributed by atoms with van der Waals surface area (Å²) in [4.78, 5) is 47.7. The fourth-order valence-electron chi connectivity index (χ4n) is 7.29. The highest BCUT2D eigenvalue weighted by Gasteiger charge is 2.54. The zero-order chi connectivity index (χ0) is 43.9. The first kappa shape index (κ1) is 46.4. The molecule has 0 amide bonds. The number of hydrogen-bond acceptors (Lipinski definition) is 20. The number of rotatable bonds is 16. The van der Waals surface area contributed by atoms with Crippen molar-refractivity contribution in [1.29, 1.82) is 0 Å². The molecule has 62 heavy (non-hydrogen) atoms. The molecule has 0 radical (unpaired) electrons. The first-order valence-corrected chi connectivity index (χ1v) is 25.2. The van der Waals surface area contributed by atoms with Crippen LogP contribution in [0.15, 0.2) is 25.3 Å². The fourth-order valence-corrected chi connectivity index (χ4v) is 10.9. The first-order chi connectivity index (χ1) is 29.9. The van der Waals surface area contributed by atoms with Crippen LogP contribution in [0, 0.1) is 0 Å². The molecule has 0 spiro atoms. The van der Waals surface area contributed by atoms with Gasteiger partial charge in [-0.05, 0) is 6.42 Å². The van der Waals surface area contributed by atoms with Crippen LogP contribution in [0.1, 0.15) is 83.6 Å². The number of aromatic nitrogens is 8. The highest BCUT2D eigenvalue weighted by atomic mass is 32.7. The van der Waals surface area contributed by atoms with E-state index in [9.17, 15) is 18.8 Å². The lowest BCUT2D eigenvalue weighted by Crippen LogP contribution is -2.35. The van der Waals surface area contributed by atoms with Gasteiger partial charge in [0.1, 0.15) is 54.5 Å². The molecule has 0 aromatic carbocycles. The molecule has 3 saturated heterocycles. The van der Waals surface area contributed by atoms with Gasteiger partial charge < -0.3 is 44.6 Å². The summed E-state index contributed by atoms with van der Waals surface area (Å²) in [5.74, 6) is -0.631. The van der Waals surface area contributed by atoms with Crippen LogP contribution in [0.2, 0.25) is 0 Å². The lowest BCUT2D eigenvalue weighted by Gasteiger charge is -2.26. The molecular formula is C35H50F2N10O12P2S. The van der Waals surface area contributed by atoms with Gasteiger partial charge in [0.2, 0.25) is 0 Å². The summed E-state index contributed by atoms with van der Waals surface area (Å²) in [7, 11) is -4.74. The fraction of sp³-hybridized carbons (Fsp3) is 0.686. The monoisotopic (exact) mass is 934 g/mol. The maximum Gasteiger partial charge on any atom is 0.509 e. The molecule has 4 aromatic heterocycles. The second kappa shape index (κ2) is 20.9. The molecule has 342 valence electrons. The number of carbonyl (C=O) groups excluding carboxylic acids is 1. The molecule has 3 aliphatic heterocycles. The van der Waals surface area contributed by atoms with Crippen LogP contribution in [0.3, 0.4) is 0 Å². The van der Waals surface area contributed by atoms with Crippen molar-refractivity contribution < 1.29 is 64.9 Å².